The SMILES string of the molecule is CCCc1ccc(-c2csc(CN)c2)cc1. The Morgan fingerprint density at radius 1 is 1.12 bits per heavy atom. The summed E-state index contributed by atoms with van der Waals surface area (Å²) in [6, 6.07) is 11.0. The van der Waals surface area contributed by atoms with Crippen LogP contribution in [0.2, 0.25) is 0 Å². The monoisotopic (exact) mass is 231 g/mol. The third kappa shape index (κ3) is 2.52. The minimum absolute atomic E-state index is 0.637. The highest BCUT2D eigenvalue weighted by Gasteiger charge is 2.01. The van der Waals surface area contributed by atoms with Crippen LogP contribution in [0.5, 0.6) is 0 Å². The minimum atomic E-state index is 0.637. The van der Waals surface area contributed by atoms with Gasteiger partial charge >= 0.3 is 0 Å². The van der Waals surface area contributed by atoms with Crippen molar-refractivity contribution in [1.29, 1.82) is 0 Å². The maximum atomic E-state index is 5.62. The van der Waals surface area contributed by atoms with Crippen LogP contribution in [0.15, 0.2) is 35.7 Å². The van der Waals surface area contributed by atoms with Crippen molar-refractivity contribution in [3.05, 3.63) is 46.2 Å². The smallest absolute Gasteiger partial charge is 0.0274 e. The van der Waals surface area contributed by atoms with Crippen LogP contribution in [0.25, 0.3) is 11.1 Å². The Hall–Kier alpha value is -1.12. The lowest BCUT2D eigenvalue weighted by Gasteiger charge is -2.01. The summed E-state index contributed by atoms with van der Waals surface area (Å²) in [4.78, 5) is 1.24. The molecule has 1 nitrogen and oxygen atoms in total. The van der Waals surface area contributed by atoms with Gasteiger partial charge in [-0.3, -0.25) is 0 Å². The molecule has 0 spiro atoms. The van der Waals surface area contributed by atoms with Gasteiger partial charge in [-0.15, -0.1) is 11.3 Å². The summed E-state index contributed by atoms with van der Waals surface area (Å²) in [7, 11) is 0. The van der Waals surface area contributed by atoms with E-state index in [1.54, 1.807) is 11.3 Å². The topological polar surface area (TPSA) is 26.0 Å². The van der Waals surface area contributed by atoms with Crippen LogP contribution in [0.4, 0.5) is 0 Å². The molecule has 16 heavy (non-hydrogen) atoms. The van der Waals surface area contributed by atoms with E-state index >= 15 is 0 Å². The van der Waals surface area contributed by atoms with Crippen molar-refractivity contribution < 1.29 is 0 Å². The zero-order chi connectivity index (χ0) is 11.4. The molecule has 0 unspecified atom stereocenters. The Kier molecular flexibility index (Phi) is 3.75. The first-order valence-corrected chi connectivity index (χ1v) is 6.58. The standard InChI is InChI=1S/C14H17NS/c1-2-3-11-4-6-12(7-5-11)13-8-14(9-15)16-10-13/h4-8,10H,2-3,9,15H2,1H3. The molecule has 2 N–H and O–H groups in total. The van der Waals surface area contributed by atoms with E-state index in [4.69, 9.17) is 5.73 Å². The number of benzene rings is 1. The summed E-state index contributed by atoms with van der Waals surface area (Å²) in [5, 5.41) is 2.18. The van der Waals surface area contributed by atoms with E-state index in [1.807, 2.05) is 0 Å². The van der Waals surface area contributed by atoms with E-state index in [0.717, 1.165) is 6.42 Å². The van der Waals surface area contributed by atoms with E-state index in [1.165, 1.54) is 28.0 Å². The molecule has 1 heterocycles. The normalized spacial score (nSPS) is 10.6. The van der Waals surface area contributed by atoms with Gasteiger partial charge in [0.25, 0.3) is 0 Å². The van der Waals surface area contributed by atoms with Crippen LogP contribution in [-0.4, -0.2) is 0 Å². The number of hydrogen-bond acceptors (Lipinski definition) is 2. The highest BCUT2D eigenvalue weighted by atomic mass is 32.1. The molecule has 0 atom stereocenters. The van der Waals surface area contributed by atoms with Crippen LogP contribution < -0.4 is 5.73 Å². The van der Waals surface area contributed by atoms with E-state index in [0.29, 0.717) is 6.54 Å². The molecule has 0 radical (unpaired) electrons. The van der Waals surface area contributed by atoms with E-state index in [2.05, 4.69) is 42.6 Å². The molecular weight excluding hydrogens is 214 g/mol. The van der Waals surface area contributed by atoms with Gasteiger partial charge in [0, 0.05) is 11.4 Å². The minimum Gasteiger partial charge on any atom is -0.326 e. The van der Waals surface area contributed by atoms with Crippen molar-refractivity contribution in [1.82, 2.24) is 0 Å². The van der Waals surface area contributed by atoms with E-state index < -0.39 is 0 Å². The molecular formula is C14H17NS. The first kappa shape index (κ1) is 11.4. The summed E-state index contributed by atoms with van der Waals surface area (Å²) < 4.78 is 0. The van der Waals surface area contributed by atoms with Crippen LogP contribution in [0.3, 0.4) is 0 Å². The second kappa shape index (κ2) is 5.28. The van der Waals surface area contributed by atoms with E-state index in [-0.39, 0.29) is 0 Å². The van der Waals surface area contributed by atoms with Gasteiger partial charge in [-0.1, -0.05) is 37.6 Å². The first-order chi connectivity index (χ1) is 7.83. The van der Waals surface area contributed by atoms with Gasteiger partial charge in [0.1, 0.15) is 0 Å². The number of aryl methyl sites for hydroxylation is 1. The lowest BCUT2D eigenvalue weighted by molar-refractivity contribution is 0.922. The Labute approximate surface area is 101 Å². The number of rotatable bonds is 4. The highest BCUT2D eigenvalue weighted by Crippen LogP contribution is 2.25. The Bertz CT molecular complexity index is 442. The summed E-state index contributed by atoms with van der Waals surface area (Å²) in [6.07, 6.45) is 2.37. The lowest BCUT2D eigenvalue weighted by atomic mass is 10.0. The molecule has 0 aliphatic carbocycles. The van der Waals surface area contributed by atoms with Crippen molar-refractivity contribution >= 4 is 11.3 Å². The second-order valence-electron chi connectivity index (χ2n) is 3.95. The van der Waals surface area contributed by atoms with Crippen molar-refractivity contribution in [3.8, 4) is 11.1 Å². The molecule has 1 aromatic carbocycles. The third-order valence-electron chi connectivity index (χ3n) is 2.68. The molecule has 2 aromatic rings. The fourth-order valence-electron chi connectivity index (χ4n) is 1.79. The van der Waals surface area contributed by atoms with Gasteiger partial charge in [-0.05, 0) is 34.6 Å². The molecule has 2 heteroatoms. The van der Waals surface area contributed by atoms with Crippen molar-refractivity contribution in [3.63, 3.8) is 0 Å². The lowest BCUT2D eigenvalue weighted by Crippen LogP contribution is -1.91. The molecule has 0 aliphatic heterocycles. The summed E-state index contributed by atoms with van der Waals surface area (Å²) in [6.45, 7) is 2.85. The van der Waals surface area contributed by atoms with Crippen LogP contribution in [-0.2, 0) is 13.0 Å². The van der Waals surface area contributed by atoms with Crippen LogP contribution in [0.1, 0.15) is 23.8 Å². The number of nitrogens with two attached hydrogens (primary N) is 1. The summed E-state index contributed by atoms with van der Waals surface area (Å²) in [5.74, 6) is 0. The molecule has 0 amide bonds. The zero-order valence-electron chi connectivity index (χ0n) is 9.57. The summed E-state index contributed by atoms with van der Waals surface area (Å²) >= 11 is 1.73. The molecule has 0 saturated heterocycles. The molecule has 84 valence electrons. The van der Waals surface area contributed by atoms with Crippen molar-refractivity contribution in [2.24, 2.45) is 5.73 Å². The molecule has 0 bridgehead atoms. The van der Waals surface area contributed by atoms with Crippen LogP contribution >= 0.6 is 11.3 Å². The first-order valence-electron chi connectivity index (χ1n) is 5.70. The average Bonchev–Trinajstić information content (AvgIpc) is 2.79. The summed E-state index contributed by atoms with van der Waals surface area (Å²) in [5.41, 5.74) is 9.61. The fourth-order valence-corrected chi connectivity index (χ4v) is 2.57. The highest BCUT2D eigenvalue weighted by molar-refractivity contribution is 7.10. The van der Waals surface area contributed by atoms with Gasteiger partial charge in [0.05, 0.1) is 0 Å². The van der Waals surface area contributed by atoms with Crippen molar-refractivity contribution in [2.75, 3.05) is 0 Å². The number of hydrogen-bond donors (Lipinski definition) is 1. The van der Waals surface area contributed by atoms with Gasteiger partial charge in [0.15, 0.2) is 0 Å². The maximum Gasteiger partial charge on any atom is 0.0274 e. The van der Waals surface area contributed by atoms with Gasteiger partial charge in [-0.2, -0.15) is 0 Å². The fraction of sp³-hybridized carbons (Fsp3) is 0.286. The average molecular weight is 231 g/mol. The van der Waals surface area contributed by atoms with Gasteiger partial charge < -0.3 is 5.73 Å². The van der Waals surface area contributed by atoms with Gasteiger partial charge in [0.2, 0.25) is 0 Å². The maximum absolute atomic E-state index is 5.62. The second-order valence-corrected chi connectivity index (χ2v) is 4.95. The van der Waals surface area contributed by atoms with E-state index in [9.17, 15) is 0 Å². The Balaban J connectivity index is 2.20. The molecule has 0 fully saturated rings. The van der Waals surface area contributed by atoms with Gasteiger partial charge in [-0.25, -0.2) is 0 Å². The Morgan fingerprint density at radius 3 is 2.44 bits per heavy atom. The largest absolute Gasteiger partial charge is 0.326 e. The third-order valence-corrected chi connectivity index (χ3v) is 3.64. The molecule has 0 saturated carbocycles. The molecule has 2 rings (SSSR count). The van der Waals surface area contributed by atoms with Crippen molar-refractivity contribution in [2.45, 2.75) is 26.3 Å². The molecule has 0 aliphatic rings. The zero-order valence-corrected chi connectivity index (χ0v) is 10.4. The Morgan fingerprint density at radius 2 is 1.88 bits per heavy atom. The number of thiophene rings is 1. The van der Waals surface area contributed by atoms with Crippen LogP contribution in [0, 0.1) is 0 Å². The predicted octanol–water partition coefficient (Wildman–Crippen LogP) is 3.83. The quantitative estimate of drug-likeness (QED) is 0.850. The predicted molar refractivity (Wildman–Crippen MR) is 71.6 cm³/mol. The molecule has 1 aromatic heterocycles.